The standard InChI is InChI=1S/C11H16O3/c1-11(8-12,14-2)10(13)9-6-4-3-5-7-9/h3-7,10,12-13H,8H2,1-2H3/t10-,11+/m0/s1. The van der Waals surface area contributed by atoms with Crippen LogP contribution in [0.2, 0.25) is 0 Å². The van der Waals surface area contributed by atoms with Crippen LogP contribution in [0.5, 0.6) is 0 Å². The first-order valence-electron chi connectivity index (χ1n) is 4.53. The van der Waals surface area contributed by atoms with Gasteiger partial charge in [0.1, 0.15) is 11.7 Å². The van der Waals surface area contributed by atoms with Crippen LogP contribution in [0, 0.1) is 0 Å². The summed E-state index contributed by atoms with van der Waals surface area (Å²) in [5.41, 5.74) is -0.202. The molecule has 0 unspecified atom stereocenters. The van der Waals surface area contributed by atoms with E-state index in [0.717, 1.165) is 5.56 Å². The third-order valence-electron chi connectivity index (χ3n) is 2.47. The van der Waals surface area contributed by atoms with Gasteiger partial charge < -0.3 is 14.9 Å². The molecule has 1 aromatic carbocycles. The van der Waals surface area contributed by atoms with Crippen LogP contribution in [0.1, 0.15) is 18.6 Å². The van der Waals surface area contributed by atoms with Gasteiger partial charge in [-0.1, -0.05) is 30.3 Å². The Morgan fingerprint density at radius 3 is 2.36 bits per heavy atom. The van der Waals surface area contributed by atoms with E-state index in [9.17, 15) is 5.11 Å². The van der Waals surface area contributed by atoms with Crippen molar-refractivity contribution >= 4 is 0 Å². The fraction of sp³-hybridized carbons (Fsp3) is 0.455. The number of benzene rings is 1. The Labute approximate surface area is 84.0 Å². The van der Waals surface area contributed by atoms with Crippen molar-refractivity contribution in [2.24, 2.45) is 0 Å². The van der Waals surface area contributed by atoms with Crippen molar-refractivity contribution in [2.45, 2.75) is 18.6 Å². The molecule has 0 bridgehead atoms. The monoisotopic (exact) mass is 196 g/mol. The number of aliphatic hydroxyl groups excluding tert-OH is 2. The van der Waals surface area contributed by atoms with E-state index in [1.54, 1.807) is 19.1 Å². The fourth-order valence-corrected chi connectivity index (χ4v) is 1.25. The summed E-state index contributed by atoms with van der Waals surface area (Å²) >= 11 is 0. The summed E-state index contributed by atoms with van der Waals surface area (Å²) in [6.45, 7) is 1.45. The van der Waals surface area contributed by atoms with Gasteiger partial charge in [-0.05, 0) is 12.5 Å². The second-order valence-electron chi connectivity index (χ2n) is 3.49. The Balaban J connectivity index is 2.89. The summed E-state index contributed by atoms with van der Waals surface area (Å²) in [4.78, 5) is 0. The van der Waals surface area contributed by atoms with Gasteiger partial charge in [-0.25, -0.2) is 0 Å². The third kappa shape index (κ3) is 2.12. The first-order chi connectivity index (χ1) is 6.64. The average molecular weight is 196 g/mol. The quantitative estimate of drug-likeness (QED) is 0.758. The van der Waals surface area contributed by atoms with E-state index in [0.29, 0.717) is 0 Å². The lowest BCUT2D eigenvalue weighted by atomic mass is 9.93. The third-order valence-corrected chi connectivity index (χ3v) is 2.47. The predicted molar refractivity (Wildman–Crippen MR) is 53.9 cm³/mol. The highest BCUT2D eigenvalue weighted by Crippen LogP contribution is 2.27. The molecule has 0 aliphatic heterocycles. The van der Waals surface area contributed by atoms with Gasteiger partial charge in [0.2, 0.25) is 0 Å². The minimum atomic E-state index is -0.943. The van der Waals surface area contributed by atoms with Crippen LogP contribution in [-0.2, 0) is 4.74 Å². The fourth-order valence-electron chi connectivity index (χ4n) is 1.25. The molecular formula is C11H16O3. The highest BCUT2D eigenvalue weighted by atomic mass is 16.5. The lowest BCUT2D eigenvalue weighted by Crippen LogP contribution is -2.39. The van der Waals surface area contributed by atoms with Crippen molar-refractivity contribution in [3.05, 3.63) is 35.9 Å². The minimum absolute atomic E-state index is 0.223. The summed E-state index contributed by atoms with van der Waals surface area (Å²) in [5, 5.41) is 19.1. The predicted octanol–water partition coefficient (Wildman–Crippen LogP) is 1.12. The van der Waals surface area contributed by atoms with Crippen LogP contribution in [-0.4, -0.2) is 29.5 Å². The molecule has 2 atom stereocenters. The smallest absolute Gasteiger partial charge is 0.118 e. The van der Waals surface area contributed by atoms with Crippen LogP contribution >= 0.6 is 0 Å². The number of rotatable bonds is 4. The van der Waals surface area contributed by atoms with Crippen molar-refractivity contribution in [2.75, 3.05) is 13.7 Å². The summed E-state index contributed by atoms with van der Waals surface area (Å²) < 4.78 is 5.10. The van der Waals surface area contributed by atoms with E-state index < -0.39 is 11.7 Å². The molecule has 0 fully saturated rings. The molecule has 0 aromatic heterocycles. The molecular weight excluding hydrogens is 180 g/mol. The van der Waals surface area contributed by atoms with E-state index in [2.05, 4.69) is 0 Å². The van der Waals surface area contributed by atoms with Crippen molar-refractivity contribution in [1.82, 2.24) is 0 Å². The van der Waals surface area contributed by atoms with Gasteiger partial charge >= 0.3 is 0 Å². The van der Waals surface area contributed by atoms with Crippen LogP contribution in [0.3, 0.4) is 0 Å². The first-order valence-corrected chi connectivity index (χ1v) is 4.53. The van der Waals surface area contributed by atoms with Gasteiger partial charge in [0.25, 0.3) is 0 Å². The zero-order chi connectivity index (χ0) is 10.6. The molecule has 14 heavy (non-hydrogen) atoms. The Morgan fingerprint density at radius 1 is 1.36 bits per heavy atom. The number of methoxy groups -OCH3 is 1. The molecule has 0 spiro atoms. The van der Waals surface area contributed by atoms with Crippen LogP contribution in [0.15, 0.2) is 30.3 Å². The largest absolute Gasteiger partial charge is 0.393 e. The van der Waals surface area contributed by atoms with Gasteiger partial charge in [-0.3, -0.25) is 0 Å². The first kappa shape index (κ1) is 11.2. The zero-order valence-corrected chi connectivity index (χ0v) is 8.47. The molecule has 3 nitrogen and oxygen atoms in total. The van der Waals surface area contributed by atoms with E-state index >= 15 is 0 Å². The normalized spacial score (nSPS) is 17.4. The molecule has 0 aliphatic rings. The zero-order valence-electron chi connectivity index (χ0n) is 8.47. The molecule has 1 aromatic rings. The van der Waals surface area contributed by atoms with E-state index in [-0.39, 0.29) is 6.61 Å². The van der Waals surface area contributed by atoms with Gasteiger partial charge in [0.05, 0.1) is 6.61 Å². The van der Waals surface area contributed by atoms with Gasteiger partial charge in [-0.2, -0.15) is 0 Å². The van der Waals surface area contributed by atoms with Crippen LogP contribution in [0.4, 0.5) is 0 Å². The maximum Gasteiger partial charge on any atom is 0.118 e. The second-order valence-corrected chi connectivity index (χ2v) is 3.49. The Kier molecular flexibility index (Phi) is 3.63. The molecule has 0 saturated carbocycles. The summed E-state index contributed by atoms with van der Waals surface area (Å²) in [6, 6.07) is 9.16. The highest BCUT2D eigenvalue weighted by molar-refractivity contribution is 5.20. The molecule has 0 heterocycles. The average Bonchev–Trinajstić information content (AvgIpc) is 2.28. The molecule has 2 N–H and O–H groups in total. The molecule has 0 saturated heterocycles. The molecule has 3 heteroatoms. The summed E-state index contributed by atoms with van der Waals surface area (Å²) in [7, 11) is 1.47. The lowest BCUT2D eigenvalue weighted by Gasteiger charge is -2.31. The number of hydrogen-bond acceptors (Lipinski definition) is 3. The molecule has 0 radical (unpaired) electrons. The maximum absolute atomic E-state index is 9.95. The molecule has 1 rings (SSSR count). The van der Waals surface area contributed by atoms with Crippen LogP contribution in [0.25, 0.3) is 0 Å². The summed E-state index contributed by atoms with van der Waals surface area (Å²) in [5.74, 6) is 0. The van der Waals surface area contributed by atoms with Crippen molar-refractivity contribution in [1.29, 1.82) is 0 Å². The highest BCUT2D eigenvalue weighted by Gasteiger charge is 2.33. The van der Waals surface area contributed by atoms with E-state index in [1.807, 2.05) is 18.2 Å². The molecule has 0 aliphatic carbocycles. The van der Waals surface area contributed by atoms with Crippen LogP contribution < -0.4 is 0 Å². The topological polar surface area (TPSA) is 49.7 Å². The maximum atomic E-state index is 9.95. The Morgan fingerprint density at radius 2 is 1.93 bits per heavy atom. The van der Waals surface area contributed by atoms with E-state index in [4.69, 9.17) is 9.84 Å². The minimum Gasteiger partial charge on any atom is -0.393 e. The lowest BCUT2D eigenvalue weighted by molar-refractivity contribution is -0.119. The number of hydrogen-bond donors (Lipinski definition) is 2. The Hall–Kier alpha value is -0.900. The SMILES string of the molecule is CO[C@](C)(CO)[C@@H](O)c1ccccc1. The van der Waals surface area contributed by atoms with Crippen molar-refractivity contribution < 1.29 is 14.9 Å². The molecule has 78 valence electrons. The number of ether oxygens (including phenoxy) is 1. The Bertz CT molecular complexity index is 267. The second kappa shape index (κ2) is 4.55. The number of aliphatic hydroxyl groups is 2. The van der Waals surface area contributed by atoms with Gasteiger partial charge in [0, 0.05) is 7.11 Å². The molecule has 0 amide bonds. The van der Waals surface area contributed by atoms with Crippen molar-refractivity contribution in [3.63, 3.8) is 0 Å². The van der Waals surface area contributed by atoms with Gasteiger partial charge in [-0.15, -0.1) is 0 Å². The summed E-state index contributed by atoms with van der Waals surface area (Å²) in [6.07, 6.45) is -0.821. The van der Waals surface area contributed by atoms with E-state index in [1.165, 1.54) is 7.11 Å². The van der Waals surface area contributed by atoms with Gasteiger partial charge in [0.15, 0.2) is 0 Å². The van der Waals surface area contributed by atoms with Crippen molar-refractivity contribution in [3.8, 4) is 0 Å².